The highest BCUT2D eigenvalue weighted by molar-refractivity contribution is 5.92. The van der Waals surface area contributed by atoms with Crippen LogP contribution in [0.2, 0.25) is 0 Å². The number of rotatable bonds is 1. The fraction of sp³-hybridized carbons (Fsp3) is 0.533. The van der Waals surface area contributed by atoms with E-state index >= 15 is 0 Å². The van der Waals surface area contributed by atoms with Crippen LogP contribution in [0.5, 0.6) is 0 Å². The highest BCUT2D eigenvalue weighted by Gasteiger charge is 2.27. The molecule has 2 heterocycles. The van der Waals surface area contributed by atoms with Gasteiger partial charge in [0.05, 0.1) is 12.2 Å². The molecule has 1 amide bonds. The maximum absolute atomic E-state index is 12.1. The lowest BCUT2D eigenvalue weighted by atomic mass is 10.0. The molecule has 6 heteroatoms. The van der Waals surface area contributed by atoms with Crippen LogP contribution in [0.4, 0.5) is 4.79 Å². The lowest BCUT2D eigenvalue weighted by Crippen LogP contribution is -2.41. The third-order valence-corrected chi connectivity index (χ3v) is 3.23. The van der Waals surface area contributed by atoms with Gasteiger partial charge in [0.25, 0.3) is 0 Å². The molecule has 0 spiro atoms. The molecule has 1 aromatic rings. The molecule has 6 nitrogen and oxygen atoms in total. The molecule has 0 saturated heterocycles. The van der Waals surface area contributed by atoms with Crippen LogP contribution in [0.1, 0.15) is 49.4 Å². The van der Waals surface area contributed by atoms with Crippen molar-refractivity contribution in [3.63, 3.8) is 0 Å². The molecule has 1 aliphatic rings. The number of ether oxygens (including phenoxy) is 1. The van der Waals surface area contributed by atoms with Crippen molar-refractivity contribution in [2.75, 3.05) is 6.54 Å². The van der Waals surface area contributed by atoms with Crippen molar-refractivity contribution in [2.24, 2.45) is 0 Å². The topological polar surface area (TPSA) is 79.5 Å². The molecule has 0 atom stereocenters. The molecule has 1 aliphatic heterocycles. The number of aromatic nitrogens is 1. The number of pyridine rings is 1. The van der Waals surface area contributed by atoms with Crippen LogP contribution in [-0.2, 0) is 17.7 Å². The summed E-state index contributed by atoms with van der Waals surface area (Å²) in [6, 6.07) is 1.32. The van der Waals surface area contributed by atoms with Gasteiger partial charge in [-0.05, 0) is 27.2 Å². The smallest absolute Gasteiger partial charge is 0.410 e. The Morgan fingerprint density at radius 1 is 1.33 bits per heavy atom. The largest absolute Gasteiger partial charge is 0.444 e. The Bertz CT molecular complexity index is 640. The summed E-state index contributed by atoms with van der Waals surface area (Å²) in [6.07, 6.45) is 0.0458. The minimum Gasteiger partial charge on any atom is -0.444 e. The molecule has 0 fully saturated rings. The van der Waals surface area contributed by atoms with Crippen molar-refractivity contribution in [2.45, 2.75) is 46.3 Å². The number of fused-ring (bicyclic) bond motifs is 1. The van der Waals surface area contributed by atoms with Gasteiger partial charge in [-0.2, -0.15) is 0 Å². The first-order chi connectivity index (χ1) is 9.67. The first-order valence-electron chi connectivity index (χ1n) is 6.91. The van der Waals surface area contributed by atoms with Crippen LogP contribution in [0.15, 0.2) is 10.9 Å². The summed E-state index contributed by atoms with van der Waals surface area (Å²) in [6.45, 7) is 7.49. The summed E-state index contributed by atoms with van der Waals surface area (Å²) in [4.78, 5) is 40.0. The van der Waals surface area contributed by atoms with Crippen molar-refractivity contribution < 1.29 is 14.3 Å². The SMILES string of the molecule is CC(=O)c1cc(=O)c2c([nH]1)CN(C(=O)OC(C)(C)C)CC2. The summed E-state index contributed by atoms with van der Waals surface area (Å²) < 4.78 is 5.33. The zero-order valence-corrected chi connectivity index (χ0v) is 12.8. The van der Waals surface area contributed by atoms with Gasteiger partial charge in [0.15, 0.2) is 11.2 Å². The molecule has 1 aromatic heterocycles. The van der Waals surface area contributed by atoms with Crippen LogP contribution in [0.3, 0.4) is 0 Å². The maximum Gasteiger partial charge on any atom is 0.410 e. The Labute approximate surface area is 123 Å². The van der Waals surface area contributed by atoms with E-state index in [1.807, 2.05) is 0 Å². The second-order valence-corrected chi connectivity index (χ2v) is 6.21. The molecule has 0 bridgehead atoms. The highest BCUT2D eigenvalue weighted by Crippen LogP contribution is 2.18. The average molecular weight is 292 g/mol. The quantitative estimate of drug-likeness (QED) is 0.801. The summed E-state index contributed by atoms with van der Waals surface area (Å²) in [5.41, 5.74) is 0.804. The first-order valence-corrected chi connectivity index (χ1v) is 6.91. The van der Waals surface area contributed by atoms with Crippen molar-refractivity contribution >= 4 is 11.9 Å². The Morgan fingerprint density at radius 2 is 2.00 bits per heavy atom. The number of Topliss-reactive ketones (excluding diaryl/α,β-unsaturated/α-hetero) is 1. The average Bonchev–Trinajstić information content (AvgIpc) is 2.35. The van der Waals surface area contributed by atoms with E-state index in [1.54, 1.807) is 20.8 Å². The predicted molar refractivity (Wildman–Crippen MR) is 77.4 cm³/mol. The molecule has 114 valence electrons. The number of hydrogen-bond acceptors (Lipinski definition) is 4. The molecule has 0 aromatic carbocycles. The van der Waals surface area contributed by atoms with Crippen molar-refractivity contribution in [1.29, 1.82) is 0 Å². The molecule has 0 radical (unpaired) electrons. The number of carbonyl (C=O) groups excluding carboxylic acids is 2. The highest BCUT2D eigenvalue weighted by atomic mass is 16.6. The van der Waals surface area contributed by atoms with Gasteiger partial charge in [-0.25, -0.2) is 4.79 Å². The van der Waals surface area contributed by atoms with E-state index in [0.29, 0.717) is 24.2 Å². The third kappa shape index (κ3) is 3.51. The lowest BCUT2D eigenvalue weighted by molar-refractivity contribution is 0.0220. The van der Waals surface area contributed by atoms with Gasteiger partial charge < -0.3 is 14.6 Å². The van der Waals surface area contributed by atoms with Gasteiger partial charge in [0, 0.05) is 30.8 Å². The van der Waals surface area contributed by atoms with E-state index in [0.717, 1.165) is 0 Å². The minimum absolute atomic E-state index is 0.155. The summed E-state index contributed by atoms with van der Waals surface area (Å²) in [5, 5.41) is 0. The second-order valence-electron chi connectivity index (χ2n) is 6.21. The van der Waals surface area contributed by atoms with Gasteiger partial charge >= 0.3 is 6.09 Å². The predicted octanol–water partition coefficient (Wildman–Crippen LogP) is 1.87. The molecular formula is C15H20N2O4. The molecule has 1 N–H and O–H groups in total. The van der Waals surface area contributed by atoms with E-state index in [9.17, 15) is 14.4 Å². The van der Waals surface area contributed by atoms with Gasteiger partial charge in [-0.15, -0.1) is 0 Å². The van der Waals surface area contributed by atoms with E-state index in [1.165, 1.54) is 17.9 Å². The normalized spacial score (nSPS) is 14.6. The van der Waals surface area contributed by atoms with Gasteiger partial charge in [0.2, 0.25) is 0 Å². The second kappa shape index (κ2) is 5.35. The summed E-state index contributed by atoms with van der Waals surface area (Å²) in [7, 11) is 0. The van der Waals surface area contributed by atoms with Gasteiger partial charge in [0.1, 0.15) is 5.60 Å². The standard InChI is InChI=1S/C15H20N2O4/c1-9(18)11-7-13(19)10-5-6-17(8-12(10)16-11)14(20)21-15(2,3)4/h7H,5-6,8H2,1-4H3,(H,16,19). The van der Waals surface area contributed by atoms with E-state index in [-0.39, 0.29) is 23.5 Å². The fourth-order valence-corrected chi connectivity index (χ4v) is 2.24. The Hall–Kier alpha value is -2.11. The van der Waals surface area contributed by atoms with Gasteiger partial charge in [-0.3, -0.25) is 9.59 Å². The van der Waals surface area contributed by atoms with E-state index in [2.05, 4.69) is 4.98 Å². The molecule has 0 saturated carbocycles. The Balaban J connectivity index is 2.25. The lowest BCUT2D eigenvalue weighted by Gasteiger charge is -2.30. The van der Waals surface area contributed by atoms with E-state index in [4.69, 9.17) is 4.74 Å². The first kappa shape index (κ1) is 15.3. The zero-order chi connectivity index (χ0) is 15.8. The monoisotopic (exact) mass is 292 g/mol. The number of nitrogens with zero attached hydrogens (tertiary/aromatic N) is 1. The molecule has 2 rings (SSSR count). The number of ketones is 1. The molecule has 21 heavy (non-hydrogen) atoms. The van der Waals surface area contributed by atoms with Crippen LogP contribution in [-0.4, -0.2) is 33.9 Å². The molecular weight excluding hydrogens is 272 g/mol. The molecule has 0 unspecified atom stereocenters. The van der Waals surface area contributed by atoms with E-state index < -0.39 is 11.7 Å². The number of carbonyl (C=O) groups is 2. The summed E-state index contributed by atoms with van der Waals surface area (Å²) >= 11 is 0. The Kier molecular flexibility index (Phi) is 3.89. The third-order valence-electron chi connectivity index (χ3n) is 3.23. The fourth-order valence-electron chi connectivity index (χ4n) is 2.24. The number of aromatic amines is 1. The zero-order valence-electron chi connectivity index (χ0n) is 12.8. The summed E-state index contributed by atoms with van der Waals surface area (Å²) in [5.74, 6) is -0.204. The Morgan fingerprint density at radius 3 is 2.57 bits per heavy atom. The number of amides is 1. The molecule has 0 aliphatic carbocycles. The van der Waals surface area contributed by atoms with Crippen LogP contribution >= 0.6 is 0 Å². The number of nitrogens with one attached hydrogen (secondary N) is 1. The van der Waals surface area contributed by atoms with Crippen LogP contribution in [0.25, 0.3) is 0 Å². The van der Waals surface area contributed by atoms with Crippen LogP contribution in [0, 0.1) is 0 Å². The maximum atomic E-state index is 12.1. The van der Waals surface area contributed by atoms with Crippen LogP contribution < -0.4 is 5.43 Å². The number of hydrogen-bond donors (Lipinski definition) is 1. The van der Waals surface area contributed by atoms with Crippen molar-refractivity contribution in [1.82, 2.24) is 9.88 Å². The van der Waals surface area contributed by atoms with Crippen molar-refractivity contribution in [3.05, 3.63) is 33.2 Å². The minimum atomic E-state index is -0.563. The van der Waals surface area contributed by atoms with Gasteiger partial charge in [-0.1, -0.05) is 0 Å². The van der Waals surface area contributed by atoms with Crippen molar-refractivity contribution in [3.8, 4) is 0 Å². The number of H-pyrrole nitrogens is 1.